The van der Waals surface area contributed by atoms with E-state index in [1.807, 2.05) is 31.7 Å². The molecule has 1 unspecified atom stereocenters. The number of amides is 1. The maximum atomic E-state index is 15.0. The molecule has 9 nitrogen and oxygen atoms in total. The molecule has 234 valence electrons. The molecule has 3 aromatic rings. The number of phenolic OH excluding ortho intramolecular Hbond substituents is 1. The van der Waals surface area contributed by atoms with E-state index in [4.69, 9.17) is 51.4 Å². The molecule has 2 aliphatic rings. The highest BCUT2D eigenvalue weighted by atomic mass is 35.5. The molecule has 2 atom stereocenters. The summed E-state index contributed by atoms with van der Waals surface area (Å²) >= 11 is 25.4. The smallest absolute Gasteiger partial charge is 0.272 e. The van der Waals surface area contributed by atoms with E-state index in [9.17, 15) is 24.3 Å². The van der Waals surface area contributed by atoms with Gasteiger partial charge in [0.2, 0.25) is 5.91 Å². The van der Waals surface area contributed by atoms with Crippen LogP contribution in [-0.2, 0) is 4.79 Å². The number of nitriles is 1. The summed E-state index contributed by atoms with van der Waals surface area (Å²) in [5.41, 5.74) is -0.160. The fourth-order valence-electron chi connectivity index (χ4n) is 5.84. The van der Waals surface area contributed by atoms with Crippen molar-refractivity contribution in [3.8, 4) is 23.1 Å². The van der Waals surface area contributed by atoms with Crippen LogP contribution in [-0.4, -0.2) is 57.4 Å². The van der Waals surface area contributed by atoms with E-state index in [0.29, 0.717) is 37.3 Å². The molecule has 45 heavy (non-hydrogen) atoms. The summed E-state index contributed by atoms with van der Waals surface area (Å²) in [7, 11) is 0. The number of piperazine rings is 1. The number of anilines is 1. The highest BCUT2D eigenvalue weighted by Gasteiger charge is 2.35. The van der Waals surface area contributed by atoms with Gasteiger partial charge in [-0.05, 0) is 18.1 Å². The lowest BCUT2D eigenvalue weighted by molar-refractivity contribution is -0.126. The van der Waals surface area contributed by atoms with E-state index in [0.717, 1.165) is 0 Å². The molecule has 1 N–H and O–H groups in total. The molecule has 1 fully saturated rings. The Kier molecular flexibility index (Phi) is 9.20. The van der Waals surface area contributed by atoms with Gasteiger partial charge in [-0.2, -0.15) is 5.26 Å². The molecule has 1 amide bonds. The zero-order valence-corrected chi connectivity index (χ0v) is 27.4. The molecule has 0 spiro atoms. The summed E-state index contributed by atoms with van der Waals surface area (Å²) in [6, 6.07) is 2.95. The first-order chi connectivity index (χ1) is 21.3. The van der Waals surface area contributed by atoms with Crippen molar-refractivity contribution in [3.05, 3.63) is 72.8 Å². The Balaban J connectivity index is 1.88. The van der Waals surface area contributed by atoms with E-state index in [2.05, 4.69) is 17.6 Å². The summed E-state index contributed by atoms with van der Waals surface area (Å²) in [6.07, 6.45) is 4.76. The number of nitrogens with zero attached hydrogens (tertiary/aromatic N) is 6. The second-order valence-electron chi connectivity index (χ2n) is 11.1. The van der Waals surface area contributed by atoms with Crippen molar-refractivity contribution in [2.75, 3.05) is 31.1 Å². The van der Waals surface area contributed by atoms with Crippen LogP contribution in [0.1, 0.15) is 32.4 Å². The fraction of sp³-hybridized carbons (Fsp3) is 0.323. The van der Waals surface area contributed by atoms with Crippen LogP contribution in [0.3, 0.4) is 0 Å². The molecule has 0 aliphatic carbocycles. The van der Waals surface area contributed by atoms with E-state index in [1.165, 1.54) is 16.7 Å². The number of phenols is 1. The van der Waals surface area contributed by atoms with Gasteiger partial charge >= 0.3 is 0 Å². The molecule has 1 aromatic carbocycles. The maximum absolute atomic E-state index is 15.0. The highest BCUT2D eigenvalue weighted by molar-refractivity contribution is 6.49. The molecule has 0 saturated carbocycles. The Hall–Kier alpha value is -3.62. The predicted molar refractivity (Wildman–Crippen MR) is 176 cm³/mol. The van der Waals surface area contributed by atoms with Crippen LogP contribution in [0.4, 0.5) is 10.1 Å². The molecule has 2 aromatic heterocycles. The SMILES string of the molecule is C=CC(=O)N1CCN(c2c(C#N)c(=O)n(C3C(C(C)C)=NC=C[C@H]3C)c3nc(-c4c(O)c(F)c(Cl)c(Cl)c4Cl)c(Cl)cc23)CC1. The Labute approximate surface area is 278 Å². The summed E-state index contributed by atoms with van der Waals surface area (Å²) < 4.78 is 16.4. The molecular weight excluding hydrogens is 665 g/mol. The number of aromatic hydroxyl groups is 1. The second kappa shape index (κ2) is 12.6. The zero-order valence-electron chi connectivity index (χ0n) is 24.4. The largest absolute Gasteiger partial charge is 0.504 e. The first-order valence-electron chi connectivity index (χ1n) is 14.0. The zero-order chi connectivity index (χ0) is 32.9. The molecule has 0 bridgehead atoms. The van der Waals surface area contributed by atoms with Gasteiger partial charge in [0, 0.05) is 49.4 Å². The first kappa shape index (κ1) is 32.8. The number of aromatic nitrogens is 2. The van der Waals surface area contributed by atoms with Crippen LogP contribution in [0.2, 0.25) is 20.1 Å². The maximum Gasteiger partial charge on any atom is 0.272 e. The first-order valence-corrected chi connectivity index (χ1v) is 15.5. The van der Waals surface area contributed by atoms with Gasteiger partial charge in [0.1, 0.15) is 22.3 Å². The monoisotopic (exact) mass is 690 g/mol. The fourth-order valence-corrected chi connectivity index (χ4v) is 6.77. The minimum absolute atomic E-state index is 0.0670. The lowest BCUT2D eigenvalue weighted by Crippen LogP contribution is -2.49. The van der Waals surface area contributed by atoms with Gasteiger partial charge in [-0.1, -0.05) is 79.8 Å². The van der Waals surface area contributed by atoms with Crippen molar-refractivity contribution in [1.82, 2.24) is 14.5 Å². The number of halogens is 5. The number of carbonyl (C=O) groups excluding carboxylic acids is 1. The average molecular weight is 692 g/mol. The van der Waals surface area contributed by atoms with E-state index in [1.54, 1.807) is 11.1 Å². The van der Waals surface area contributed by atoms with Crippen LogP contribution in [0.15, 0.2) is 40.8 Å². The molecule has 2 aliphatic heterocycles. The van der Waals surface area contributed by atoms with Crippen molar-refractivity contribution >= 4 is 74.7 Å². The molecule has 5 rings (SSSR count). The van der Waals surface area contributed by atoms with Gasteiger partial charge in [0.25, 0.3) is 5.56 Å². The number of aliphatic imine (C=N–C) groups is 1. The molecule has 4 heterocycles. The van der Waals surface area contributed by atoms with Gasteiger partial charge in [0.05, 0.1) is 38.1 Å². The number of rotatable bonds is 5. The Morgan fingerprint density at radius 1 is 1.18 bits per heavy atom. The van der Waals surface area contributed by atoms with Crippen molar-refractivity contribution in [2.45, 2.75) is 26.8 Å². The summed E-state index contributed by atoms with van der Waals surface area (Å²) in [6.45, 7) is 10.6. The third-order valence-corrected chi connectivity index (χ3v) is 9.66. The molecular formula is C31H27Cl4FN6O3. The van der Waals surface area contributed by atoms with Crippen molar-refractivity contribution < 1.29 is 14.3 Å². The second-order valence-corrected chi connectivity index (χ2v) is 12.6. The third kappa shape index (κ3) is 5.46. The minimum atomic E-state index is -1.22. The van der Waals surface area contributed by atoms with Crippen molar-refractivity contribution in [1.29, 1.82) is 5.26 Å². The van der Waals surface area contributed by atoms with Crippen LogP contribution in [0, 0.1) is 29.0 Å². The number of fused-ring (bicyclic) bond motifs is 1. The quantitative estimate of drug-likeness (QED) is 0.175. The molecule has 14 heteroatoms. The number of hydrogen-bond donors (Lipinski definition) is 1. The van der Waals surface area contributed by atoms with Gasteiger partial charge in [-0.25, -0.2) is 9.37 Å². The highest BCUT2D eigenvalue weighted by Crippen LogP contribution is 2.48. The lowest BCUT2D eigenvalue weighted by atomic mass is 9.88. The third-order valence-electron chi connectivity index (χ3n) is 8.07. The number of hydrogen-bond acceptors (Lipinski definition) is 7. The Morgan fingerprint density at radius 2 is 1.84 bits per heavy atom. The van der Waals surface area contributed by atoms with Crippen LogP contribution < -0.4 is 10.5 Å². The topological polar surface area (TPSA) is 115 Å². The van der Waals surface area contributed by atoms with Gasteiger partial charge in [-0.15, -0.1) is 0 Å². The summed E-state index contributed by atoms with van der Waals surface area (Å²) in [4.78, 5) is 39.5. The normalized spacial score (nSPS) is 18.4. The standard InChI is InChI=1S/C31H27Cl4FN6O3/c1-5-19(43)40-8-10-41(11-9-40)28-16-12-18(32)26(20-21(33)22(34)23(35)24(36)29(20)44)39-30(16)42(31(45)17(28)13-37)27-15(4)6-7-38-25(27)14(2)3/h5-7,12,14-15,27,44H,1,8-11H2,2-4H3/t15-,27?/m1/s1. The van der Waals surface area contributed by atoms with Gasteiger partial charge < -0.3 is 14.9 Å². The summed E-state index contributed by atoms with van der Waals surface area (Å²) in [5.74, 6) is -2.70. The Morgan fingerprint density at radius 3 is 2.44 bits per heavy atom. The van der Waals surface area contributed by atoms with Crippen LogP contribution >= 0.6 is 46.4 Å². The average Bonchev–Trinajstić information content (AvgIpc) is 3.02. The number of allylic oxidation sites excluding steroid dienone is 1. The van der Waals surface area contributed by atoms with Crippen molar-refractivity contribution in [2.24, 2.45) is 16.8 Å². The molecule has 1 saturated heterocycles. The van der Waals surface area contributed by atoms with Crippen molar-refractivity contribution in [3.63, 3.8) is 0 Å². The van der Waals surface area contributed by atoms with Crippen LogP contribution in [0.25, 0.3) is 22.3 Å². The number of carbonyl (C=O) groups is 1. The van der Waals surface area contributed by atoms with Gasteiger partial charge in [-0.3, -0.25) is 19.1 Å². The minimum Gasteiger partial charge on any atom is -0.504 e. The van der Waals surface area contributed by atoms with Gasteiger partial charge in [0.15, 0.2) is 11.6 Å². The Bertz CT molecular complexity index is 1900. The summed E-state index contributed by atoms with van der Waals surface area (Å²) in [5, 5.41) is 20.3. The van der Waals surface area contributed by atoms with E-state index < -0.39 is 28.2 Å². The van der Waals surface area contributed by atoms with E-state index >= 15 is 0 Å². The predicted octanol–water partition coefficient (Wildman–Crippen LogP) is 7.03. The number of benzene rings is 1. The lowest BCUT2D eigenvalue weighted by Gasteiger charge is -2.37. The van der Waals surface area contributed by atoms with Crippen LogP contribution in [0.5, 0.6) is 5.75 Å². The number of pyridine rings is 2. The molecule has 0 radical (unpaired) electrons. The van der Waals surface area contributed by atoms with E-state index in [-0.39, 0.29) is 61.0 Å².